The Morgan fingerprint density at radius 2 is 2.08 bits per heavy atom. The van der Waals surface area contributed by atoms with Crippen LogP contribution >= 0.6 is 11.8 Å². The average molecular weight is 356 g/mol. The minimum absolute atomic E-state index is 0.00586. The molecular formula is C18H18N3O3S+. The fourth-order valence-electron chi connectivity index (χ4n) is 3.51. The van der Waals surface area contributed by atoms with Gasteiger partial charge in [0, 0.05) is 23.4 Å². The number of aryl methyl sites for hydroxylation is 1. The van der Waals surface area contributed by atoms with E-state index in [0.29, 0.717) is 18.7 Å². The molecule has 0 amide bonds. The van der Waals surface area contributed by atoms with Gasteiger partial charge in [-0.1, -0.05) is 30.3 Å². The number of non-ortho nitro benzene ring substituents is 1. The van der Waals surface area contributed by atoms with Crippen LogP contribution in [0.25, 0.3) is 0 Å². The minimum Gasteiger partial charge on any atom is -0.346 e. The lowest BCUT2D eigenvalue weighted by Crippen LogP contribution is -2.41. The summed E-state index contributed by atoms with van der Waals surface area (Å²) in [6, 6.07) is 14.4. The fourth-order valence-corrected chi connectivity index (χ4v) is 4.69. The molecule has 0 radical (unpaired) electrons. The van der Waals surface area contributed by atoms with Crippen molar-refractivity contribution in [2.75, 3.05) is 23.7 Å². The normalized spacial score (nSPS) is 22.4. The summed E-state index contributed by atoms with van der Waals surface area (Å²) in [5.74, 6) is 0.884. The van der Waals surface area contributed by atoms with Crippen LogP contribution in [0.2, 0.25) is 0 Å². The summed E-state index contributed by atoms with van der Waals surface area (Å²) in [7, 11) is 0. The molecule has 1 atom stereocenters. The van der Waals surface area contributed by atoms with E-state index in [1.54, 1.807) is 23.9 Å². The highest BCUT2D eigenvalue weighted by Gasteiger charge is 2.54. The van der Waals surface area contributed by atoms with Crippen molar-refractivity contribution in [2.45, 2.75) is 12.6 Å². The van der Waals surface area contributed by atoms with Crippen molar-refractivity contribution < 1.29 is 14.6 Å². The van der Waals surface area contributed by atoms with Crippen molar-refractivity contribution in [3.8, 4) is 0 Å². The molecule has 1 N–H and O–H groups in total. The van der Waals surface area contributed by atoms with Gasteiger partial charge in [-0.05, 0) is 30.3 Å². The number of anilines is 1. The second-order valence-corrected chi connectivity index (χ2v) is 7.34. The summed E-state index contributed by atoms with van der Waals surface area (Å²) in [5, 5.41) is 23.6. The van der Waals surface area contributed by atoms with Gasteiger partial charge in [0.15, 0.2) is 6.54 Å². The van der Waals surface area contributed by atoms with Crippen LogP contribution in [0.4, 0.5) is 11.4 Å². The first kappa shape index (κ1) is 16.1. The number of benzene rings is 2. The molecule has 0 aromatic heterocycles. The number of hydrogen-bond donors (Lipinski definition) is 1. The van der Waals surface area contributed by atoms with E-state index >= 15 is 0 Å². The number of thioether (sulfide) groups is 1. The molecule has 2 heterocycles. The number of nitro benzene ring substituents is 1. The smallest absolute Gasteiger partial charge is 0.316 e. The lowest BCUT2D eigenvalue weighted by Gasteiger charge is -2.23. The summed E-state index contributed by atoms with van der Waals surface area (Å²) < 4.78 is 1.96. The van der Waals surface area contributed by atoms with E-state index in [-0.39, 0.29) is 5.69 Å². The van der Waals surface area contributed by atoms with Crippen LogP contribution < -0.4 is 4.90 Å². The predicted octanol–water partition coefficient (Wildman–Crippen LogP) is 2.68. The van der Waals surface area contributed by atoms with Crippen LogP contribution in [-0.4, -0.2) is 38.6 Å². The molecule has 6 nitrogen and oxygen atoms in total. The third kappa shape index (κ3) is 2.51. The van der Waals surface area contributed by atoms with E-state index in [1.807, 2.05) is 35.8 Å². The van der Waals surface area contributed by atoms with E-state index in [9.17, 15) is 15.2 Å². The van der Waals surface area contributed by atoms with Gasteiger partial charge in [0.1, 0.15) is 5.69 Å². The van der Waals surface area contributed by atoms with Gasteiger partial charge in [0.2, 0.25) is 0 Å². The maximum absolute atomic E-state index is 11.5. The topological polar surface area (TPSA) is 69.6 Å². The molecule has 2 aliphatic rings. The van der Waals surface area contributed by atoms with Crippen molar-refractivity contribution in [2.24, 2.45) is 0 Å². The average Bonchev–Trinajstić information content (AvgIpc) is 3.19. The third-order valence-corrected chi connectivity index (χ3v) is 5.84. The highest BCUT2D eigenvalue weighted by Crippen LogP contribution is 2.39. The largest absolute Gasteiger partial charge is 0.346 e. The van der Waals surface area contributed by atoms with Crippen LogP contribution in [-0.2, 0) is 5.72 Å². The lowest BCUT2D eigenvalue weighted by molar-refractivity contribution is -0.650. The van der Waals surface area contributed by atoms with Crippen molar-refractivity contribution in [1.29, 1.82) is 0 Å². The summed E-state index contributed by atoms with van der Waals surface area (Å²) in [6.45, 7) is 3.10. The van der Waals surface area contributed by atoms with Crippen molar-refractivity contribution in [1.82, 2.24) is 0 Å². The molecule has 0 saturated carbocycles. The molecule has 25 heavy (non-hydrogen) atoms. The summed E-state index contributed by atoms with van der Waals surface area (Å²) >= 11 is 1.71. The quantitative estimate of drug-likeness (QED) is 0.520. The maximum Gasteiger partial charge on any atom is 0.316 e. The highest BCUT2D eigenvalue weighted by atomic mass is 32.2. The van der Waals surface area contributed by atoms with E-state index in [4.69, 9.17) is 0 Å². The molecule has 0 spiro atoms. The zero-order valence-corrected chi connectivity index (χ0v) is 14.6. The number of hydrogen-bond acceptors (Lipinski definition) is 5. The zero-order valence-electron chi connectivity index (χ0n) is 13.8. The second-order valence-electron chi connectivity index (χ2n) is 6.28. The van der Waals surface area contributed by atoms with Crippen LogP contribution in [0.15, 0.2) is 48.5 Å². The van der Waals surface area contributed by atoms with Gasteiger partial charge in [0.05, 0.1) is 11.5 Å². The molecule has 0 bridgehead atoms. The number of nitro groups is 1. The number of amidine groups is 1. The Balaban J connectivity index is 1.81. The lowest BCUT2D eigenvalue weighted by atomic mass is 10.0. The van der Waals surface area contributed by atoms with Crippen LogP contribution in [0.1, 0.15) is 11.1 Å². The third-order valence-electron chi connectivity index (χ3n) is 4.76. The molecular weight excluding hydrogens is 338 g/mol. The van der Waals surface area contributed by atoms with Crippen LogP contribution in [0.5, 0.6) is 0 Å². The molecule has 2 aliphatic heterocycles. The fraction of sp³-hybridized carbons (Fsp3) is 0.278. The molecule has 2 aromatic rings. The van der Waals surface area contributed by atoms with E-state index in [0.717, 1.165) is 22.2 Å². The van der Waals surface area contributed by atoms with Gasteiger partial charge in [-0.25, -0.2) is 9.48 Å². The predicted molar refractivity (Wildman–Crippen MR) is 98.1 cm³/mol. The Labute approximate surface area is 149 Å². The van der Waals surface area contributed by atoms with Crippen molar-refractivity contribution >= 4 is 28.3 Å². The van der Waals surface area contributed by atoms with E-state index < -0.39 is 10.6 Å². The van der Waals surface area contributed by atoms with Crippen LogP contribution in [0, 0.1) is 17.0 Å². The molecule has 0 unspecified atom stereocenters. The van der Waals surface area contributed by atoms with E-state index in [2.05, 4.69) is 4.90 Å². The van der Waals surface area contributed by atoms with Crippen molar-refractivity contribution in [3.63, 3.8) is 0 Å². The number of nitrogens with zero attached hydrogens (tertiary/aromatic N) is 3. The number of rotatable bonds is 3. The molecule has 0 fully saturated rings. The Kier molecular flexibility index (Phi) is 3.77. The minimum atomic E-state index is -1.27. The standard InChI is InChI=1S/C18H18N3O3S/c1-13-5-2-3-8-16(13)19-12-18(22,20-9-10-25-17(19)20)14-6-4-7-15(11-14)21(23)24/h2-8,11,22H,9-10,12H2,1H3/q+1/t18-/m1/s1. The maximum atomic E-state index is 11.5. The molecule has 128 valence electrons. The molecule has 2 aromatic carbocycles. The van der Waals surface area contributed by atoms with Crippen molar-refractivity contribution in [3.05, 3.63) is 69.8 Å². The monoisotopic (exact) mass is 356 g/mol. The van der Waals surface area contributed by atoms with Crippen LogP contribution in [0.3, 0.4) is 0 Å². The Morgan fingerprint density at radius 3 is 2.84 bits per heavy atom. The summed E-state index contributed by atoms with van der Waals surface area (Å²) in [5.41, 5.74) is 1.46. The molecule has 0 saturated heterocycles. The number of aliphatic hydroxyl groups is 1. The van der Waals surface area contributed by atoms with Gasteiger partial charge in [-0.3, -0.25) is 10.1 Å². The summed E-state index contributed by atoms with van der Waals surface area (Å²) in [6.07, 6.45) is 0. The summed E-state index contributed by atoms with van der Waals surface area (Å²) in [4.78, 5) is 12.8. The van der Waals surface area contributed by atoms with Gasteiger partial charge < -0.3 is 5.11 Å². The Morgan fingerprint density at radius 1 is 1.28 bits per heavy atom. The SMILES string of the molecule is Cc1ccccc1N1C[C@@](O)(c2cccc([N+](=O)[O-])c2)[N+]2=C1SCC2. The Hall–Kier alpha value is -2.38. The second kappa shape index (κ2) is 5.86. The van der Waals surface area contributed by atoms with Gasteiger partial charge in [-0.2, -0.15) is 0 Å². The van der Waals surface area contributed by atoms with E-state index in [1.165, 1.54) is 12.1 Å². The molecule has 4 rings (SSSR count). The zero-order chi connectivity index (χ0) is 17.6. The highest BCUT2D eigenvalue weighted by molar-refractivity contribution is 8.14. The first-order valence-corrected chi connectivity index (χ1v) is 9.07. The first-order valence-electron chi connectivity index (χ1n) is 8.08. The van der Waals surface area contributed by atoms with Gasteiger partial charge >= 0.3 is 5.17 Å². The first-order chi connectivity index (χ1) is 12.0. The van der Waals surface area contributed by atoms with Gasteiger partial charge in [-0.15, -0.1) is 0 Å². The number of para-hydroxylation sites is 1. The van der Waals surface area contributed by atoms with Gasteiger partial charge in [0.25, 0.3) is 11.4 Å². The Bertz CT molecular complexity index is 899. The molecule has 0 aliphatic carbocycles. The molecule has 7 heteroatoms. The number of β-amino-alcohol motifs (C(OH)–C–C–N with tert-alkyl or cyclic N) is 1.